The lowest BCUT2D eigenvalue weighted by Gasteiger charge is -2.04. The first-order chi connectivity index (χ1) is 12.1. The Balaban J connectivity index is 1.66. The van der Waals surface area contributed by atoms with Crippen LogP contribution in [0.1, 0.15) is 22.3 Å². The van der Waals surface area contributed by atoms with Crippen LogP contribution in [0, 0.1) is 11.2 Å². The molecule has 0 N–H and O–H groups in total. The maximum absolute atomic E-state index is 12.7. The van der Waals surface area contributed by atoms with Gasteiger partial charge in [-0.25, -0.2) is 0 Å². The molecule has 2 heteroatoms. The molecular weight excluding hydrogens is 324 g/mol. The summed E-state index contributed by atoms with van der Waals surface area (Å²) in [5.41, 5.74) is 4.51. The minimum absolute atomic E-state index is 0.485. The standard InChI is InChI=1S/C23H21OS/c1-25(24,17-16-20-8-4-2-5-9-20)19-23-14-12-22(13-15-23)18-21-10-6-3-7-11-21/h2-15H,18-19H2,1H3/q+1. The zero-order valence-corrected chi connectivity index (χ0v) is 15.1. The summed E-state index contributed by atoms with van der Waals surface area (Å²) in [5, 5.41) is 2.96. The van der Waals surface area contributed by atoms with Gasteiger partial charge in [0, 0.05) is 11.1 Å². The molecule has 0 bridgehead atoms. The summed E-state index contributed by atoms with van der Waals surface area (Å²) < 4.78 is 12.7. The zero-order valence-electron chi connectivity index (χ0n) is 14.3. The Morgan fingerprint density at radius 1 is 0.720 bits per heavy atom. The van der Waals surface area contributed by atoms with E-state index in [1.165, 1.54) is 11.1 Å². The highest BCUT2D eigenvalue weighted by Gasteiger charge is 2.19. The van der Waals surface area contributed by atoms with Crippen LogP contribution in [-0.2, 0) is 26.3 Å². The van der Waals surface area contributed by atoms with Crippen LogP contribution < -0.4 is 0 Å². The molecular formula is C23H21OS+. The minimum atomic E-state index is -2.22. The van der Waals surface area contributed by atoms with Crippen molar-refractivity contribution in [3.8, 4) is 11.2 Å². The summed E-state index contributed by atoms with van der Waals surface area (Å²) >= 11 is 0. The Hall–Kier alpha value is -2.63. The molecule has 25 heavy (non-hydrogen) atoms. The van der Waals surface area contributed by atoms with Gasteiger partial charge in [0.2, 0.25) is 0 Å². The number of hydrogen-bond acceptors (Lipinski definition) is 1. The molecule has 0 amide bonds. The molecule has 0 aliphatic heterocycles. The first-order valence-corrected chi connectivity index (χ1v) is 10.4. The summed E-state index contributed by atoms with van der Waals surface area (Å²) in [6.07, 6.45) is 2.65. The van der Waals surface area contributed by atoms with E-state index in [1.807, 2.05) is 36.4 Å². The van der Waals surface area contributed by atoms with E-state index in [1.54, 1.807) is 6.26 Å². The van der Waals surface area contributed by atoms with Crippen molar-refractivity contribution in [3.05, 3.63) is 107 Å². The molecule has 1 atom stereocenters. The van der Waals surface area contributed by atoms with E-state index < -0.39 is 9.93 Å². The molecule has 1 nitrogen and oxygen atoms in total. The van der Waals surface area contributed by atoms with E-state index in [0.29, 0.717) is 5.75 Å². The van der Waals surface area contributed by atoms with Crippen molar-refractivity contribution in [3.63, 3.8) is 0 Å². The monoisotopic (exact) mass is 345 g/mol. The molecule has 3 rings (SSSR count). The average molecular weight is 345 g/mol. The van der Waals surface area contributed by atoms with E-state index in [9.17, 15) is 4.21 Å². The fourth-order valence-electron chi connectivity index (χ4n) is 2.63. The van der Waals surface area contributed by atoms with Crippen molar-refractivity contribution in [2.24, 2.45) is 0 Å². The van der Waals surface area contributed by atoms with Crippen LogP contribution in [-0.4, -0.2) is 6.26 Å². The van der Waals surface area contributed by atoms with Gasteiger partial charge in [0.05, 0.1) is 0 Å². The van der Waals surface area contributed by atoms with E-state index in [0.717, 1.165) is 17.5 Å². The fourth-order valence-corrected chi connectivity index (χ4v) is 3.86. The van der Waals surface area contributed by atoms with Crippen LogP contribution in [0.2, 0.25) is 0 Å². The SMILES string of the molecule is C[S+](=O)(C#Cc1ccccc1)Cc1ccc(Cc2ccccc2)cc1. The third kappa shape index (κ3) is 5.45. The molecule has 3 aromatic carbocycles. The van der Waals surface area contributed by atoms with Crippen molar-refractivity contribution < 1.29 is 4.21 Å². The first kappa shape index (κ1) is 17.2. The van der Waals surface area contributed by atoms with Gasteiger partial charge in [0.1, 0.15) is 12.0 Å². The molecule has 0 aliphatic carbocycles. The van der Waals surface area contributed by atoms with E-state index in [-0.39, 0.29) is 0 Å². The summed E-state index contributed by atoms with van der Waals surface area (Å²) in [6.45, 7) is 0. The van der Waals surface area contributed by atoms with Crippen molar-refractivity contribution in [2.45, 2.75) is 12.2 Å². The molecule has 124 valence electrons. The van der Waals surface area contributed by atoms with Crippen LogP contribution in [0.15, 0.2) is 84.9 Å². The van der Waals surface area contributed by atoms with Gasteiger partial charge in [-0.3, -0.25) is 0 Å². The predicted molar refractivity (Wildman–Crippen MR) is 107 cm³/mol. The Morgan fingerprint density at radius 2 is 1.24 bits per heavy atom. The highest BCUT2D eigenvalue weighted by atomic mass is 32.2. The highest BCUT2D eigenvalue weighted by Crippen LogP contribution is 2.15. The molecule has 1 unspecified atom stereocenters. The number of hydrogen-bond donors (Lipinski definition) is 0. The van der Waals surface area contributed by atoms with Crippen LogP contribution in [0.5, 0.6) is 0 Å². The lowest BCUT2D eigenvalue weighted by molar-refractivity contribution is 0.593. The van der Waals surface area contributed by atoms with E-state index in [4.69, 9.17) is 0 Å². The summed E-state index contributed by atoms with van der Waals surface area (Å²) in [5.74, 6) is 3.51. The Labute approximate surface area is 151 Å². The topological polar surface area (TPSA) is 17.1 Å². The van der Waals surface area contributed by atoms with Crippen LogP contribution in [0.4, 0.5) is 0 Å². The number of benzene rings is 3. The molecule has 0 saturated carbocycles. The van der Waals surface area contributed by atoms with Gasteiger partial charge in [-0.15, -0.1) is 0 Å². The molecule has 0 radical (unpaired) electrons. The van der Waals surface area contributed by atoms with Gasteiger partial charge >= 0.3 is 0 Å². The highest BCUT2D eigenvalue weighted by molar-refractivity contribution is 8.05. The number of rotatable bonds is 4. The Kier molecular flexibility index (Phi) is 5.48. The van der Waals surface area contributed by atoms with Gasteiger partial charge in [0.25, 0.3) is 0 Å². The summed E-state index contributed by atoms with van der Waals surface area (Å²) in [6, 6.07) is 28.4. The molecule has 3 aromatic rings. The second kappa shape index (κ2) is 7.96. The second-order valence-electron chi connectivity index (χ2n) is 6.22. The lowest BCUT2D eigenvalue weighted by atomic mass is 10.0. The van der Waals surface area contributed by atoms with E-state index in [2.05, 4.69) is 59.7 Å². The van der Waals surface area contributed by atoms with E-state index >= 15 is 0 Å². The fraction of sp³-hybridized carbons (Fsp3) is 0.130. The van der Waals surface area contributed by atoms with Crippen molar-refractivity contribution in [2.75, 3.05) is 6.26 Å². The van der Waals surface area contributed by atoms with Crippen LogP contribution in [0.3, 0.4) is 0 Å². The summed E-state index contributed by atoms with van der Waals surface area (Å²) in [7, 11) is -2.22. The van der Waals surface area contributed by atoms with Crippen molar-refractivity contribution in [1.82, 2.24) is 0 Å². The Bertz CT molecular complexity index is 917. The average Bonchev–Trinajstić information content (AvgIpc) is 2.63. The normalized spacial score (nSPS) is 12.7. The van der Waals surface area contributed by atoms with Crippen molar-refractivity contribution in [1.29, 1.82) is 0 Å². The first-order valence-electron chi connectivity index (χ1n) is 8.27. The zero-order chi connectivity index (χ0) is 17.5. The maximum atomic E-state index is 12.7. The molecule has 0 aromatic heterocycles. The molecule has 0 spiro atoms. The third-order valence-corrected chi connectivity index (χ3v) is 5.32. The van der Waals surface area contributed by atoms with Crippen LogP contribution >= 0.6 is 0 Å². The third-order valence-electron chi connectivity index (χ3n) is 3.90. The van der Waals surface area contributed by atoms with Crippen LogP contribution in [0.25, 0.3) is 0 Å². The quantitative estimate of drug-likeness (QED) is 0.485. The van der Waals surface area contributed by atoms with Crippen molar-refractivity contribution >= 4 is 9.93 Å². The molecule has 0 fully saturated rings. The predicted octanol–water partition coefficient (Wildman–Crippen LogP) is 4.92. The smallest absolute Gasteiger partial charge is 0.0901 e. The van der Waals surface area contributed by atoms with Gasteiger partial charge in [-0.2, -0.15) is 0 Å². The Morgan fingerprint density at radius 3 is 1.88 bits per heavy atom. The maximum Gasteiger partial charge on any atom is 0.162 e. The van der Waals surface area contributed by atoms with Gasteiger partial charge in [-0.05, 0) is 35.6 Å². The largest absolute Gasteiger partial charge is 0.162 e. The van der Waals surface area contributed by atoms with Gasteiger partial charge < -0.3 is 0 Å². The van der Waals surface area contributed by atoms with Gasteiger partial charge in [0.15, 0.2) is 15.2 Å². The summed E-state index contributed by atoms with van der Waals surface area (Å²) in [4.78, 5) is 0. The molecule has 0 saturated heterocycles. The second-order valence-corrected chi connectivity index (χ2v) is 8.72. The molecule has 0 heterocycles. The minimum Gasteiger partial charge on any atom is -0.0901 e. The molecule has 0 aliphatic rings. The lowest BCUT2D eigenvalue weighted by Crippen LogP contribution is -2.08. The van der Waals surface area contributed by atoms with Gasteiger partial charge in [-0.1, -0.05) is 77.0 Å².